The van der Waals surface area contributed by atoms with Gasteiger partial charge in [-0.05, 0) is 60.0 Å². The van der Waals surface area contributed by atoms with Crippen LogP contribution in [0.25, 0.3) is 63.8 Å². The predicted octanol–water partition coefficient (Wildman–Crippen LogP) is 8.94. The molecule has 0 N–H and O–H groups in total. The summed E-state index contributed by atoms with van der Waals surface area (Å²) in [5.41, 5.74) is 7.88. The number of benzene rings is 5. The monoisotopic (exact) mass is 480 g/mol. The molecule has 0 spiro atoms. The highest BCUT2D eigenvalue weighted by molar-refractivity contribution is 7.26. The van der Waals surface area contributed by atoms with Gasteiger partial charge in [0.1, 0.15) is 0 Å². The largest absolute Gasteiger partial charge is 0.344 e. The van der Waals surface area contributed by atoms with Crippen molar-refractivity contribution >= 4 is 75.1 Å². The molecule has 0 radical (unpaired) electrons. The lowest BCUT2D eigenvalue weighted by Gasteiger charge is -2.05. The third kappa shape index (κ3) is 2.66. The third-order valence-corrected chi connectivity index (χ3v) is 9.17. The number of nitrogens with zero attached hydrogens (tertiary/aromatic N) is 2. The maximum absolute atomic E-state index is 2.43. The molecule has 36 heavy (non-hydrogen) atoms. The van der Waals surface area contributed by atoms with E-state index in [-0.39, 0.29) is 0 Å². The van der Waals surface area contributed by atoms with Crippen molar-refractivity contribution in [3.05, 3.63) is 108 Å². The highest BCUT2D eigenvalue weighted by Crippen LogP contribution is 2.42. The number of fused-ring (bicyclic) bond motifs is 10. The first kappa shape index (κ1) is 20.1. The van der Waals surface area contributed by atoms with Crippen LogP contribution in [0.2, 0.25) is 0 Å². The van der Waals surface area contributed by atoms with E-state index in [4.69, 9.17) is 0 Å². The molecule has 3 heterocycles. The highest BCUT2D eigenvalue weighted by Gasteiger charge is 2.16. The van der Waals surface area contributed by atoms with E-state index in [9.17, 15) is 0 Å². The molecule has 0 saturated carbocycles. The maximum atomic E-state index is 2.43. The second kappa shape index (κ2) is 7.22. The van der Waals surface area contributed by atoms with Gasteiger partial charge in [0, 0.05) is 72.4 Å². The van der Waals surface area contributed by atoms with E-state index in [0.29, 0.717) is 0 Å². The molecular weight excluding hydrogens is 456 g/mol. The van der Waals surface area contributed by atoms with Gasteiger partial charge in [-0.25, -0.2) is 0 Å². The molecule has 0 bridgehead atoms. The van der Waals surface area contributed by atoms with E-state index < -0.39 is 0 Å². The molecule has 0 aliphatic carbocycles. The Labute approximate surface area is 212 Å². The van der Waals surface area contributed by atoms with Crippen LogP contribution in [0.5, 0.6) is 0 Å². The molecule has 0 fully saturated rings. The van der Waals surface area contributed by atoms with Crippen molar-refractivity contribution in [2.45, 2.75) is 6.42 Å². The van der Waals surface area contributed by atoms with Gasteiger partial charge in [0.05, 0.1) is 5.52 Å². The predicted molar refractivity (Wildman–Crippen MR) is 157 cm³/mol. The second-order valence-electron chi connectivity index (χ2n) is 9.95. The Balaban J connectivity index is 1.32. The fraction of sp³-hybridized carbons (Fsp3) is 0.0909. The van der Waals surface area contributed by atoms with E-state index in [1.165, 1.54) is 74.9 Å². The summed E-state index contributed by atoms with van der Waals surface area (Å²) in [6.45, 7) is 0. The average Bonchev–Trinajstić information content (AvgIpc) is 3.52. The van der Waals surface area contributed by atoms with Crippen molar-refractivity contribution in [3.8, 4) is 0 Å². The number of hydrogen-bond acceptors (Lipinski definition) is 1. The summed E-state index contributed by atoms with van der Waals surface area (Å²) in [4.78, 5) is 0. The van der Waals surface area contributed by atoms with E-state index >= 15 is 0 Å². The van der Waals surface area contributed by atoms with Crippen LogP contribution in [-0.4, -0.2) is 9.13 Å². The zero-order valence-corrected chi connectivity index (χ0v) is 21.1. The molecule has 0 unspecified atom stereocenters. The zero-order valence-electron chi connectivity index (χ0n) is 20.2. The van der Waals surface area contributed by atoms with Crippen LogP contribution in [0, 0.1) is 0 Å². The topological polar surface area (TPSA) is 9.86 Å². The fourth-order valence-corrected chi connectivity index (χ4v) is 7.45. The van der Waals surface area contributed by atoms with Crippen LogP contribution in [0.4, 0.5) is 0 Å². The highest BCUT2D eigenvalue weighted by atomic mass is 32.1. The third-order valence-electron chi connectivity index (χ3n) is 7.96. The van der Waals surface area contributed by atoms with Crippen molar-refractivity contribution < 1.29 is 0 Å². The van der Waals surface area contributed by atoms with Crippen molar-refractivity contribution in [1.82, 2.24) is 9.13 Å². The van der Waals surface area contributed by atoms with Crippen molar-refractivity contribution in [2.24, 2.45) is 14.1 Å². The molecular formula is C33H24N2S. The average molecular weight is 481 g/mol. The summed E-state index contributed by atoms with van der Waals surface area (Å²) in [6, 6.07) is 36.1. The Bertz CT molecular complexity index is 2150. The van der Waals surface area contributed by atoms with Crippen LogP contribution in [-0.2, 0) is 20.5 Å². The van der Waals surface area contributed by atoms with Gasteiger partial charge in [-0.2, -0.15) is 0 Å². The molecule has 3 heteroatoms. The van der Waals surface area contributed by atoms with Crippen molar-refractivity contribution in [2.75, 3.05) is 0 Å². The SMILES string of the molecule is Cn1c2ccccc2c2cc(Cc3ccc4c(c3)c3c5sc6ccccc6c5ccc3n4C)ccc21. The molecule has 0 aliphatic rings. The molecule has 8 rings (SSSR count). The Kier molecular flexibility index (Phi) is 4.04. The summed E-state index contributed by atoms with van der Waals surface area (Å²) in [5.74, 6) is 0. The summed E-state index contributed by atoms with van der Waals surface area (Å²) in [6.07, 6.45) is 0.924. The molecule has 2 nitrogen and oxygen atoms in total. The van der Waals surface area contributed by atoms with E-state index in [2.05, 4.69) is 120 Å². The van der Waals surface area contributed by atoms with Gasteiger partial charge in [-0.1, -0.05) is 54.6 Å². The van der Waals surface area contributed by atoms with Crippen LogP contribution < -0.4 is 0 Å². The number of hydrogen-bond donors (Lipinski definition) is 0. The maximum Gasteiger partial charge on any atom is 0.0503 e. The minimum absolute atomic E-state index is 0.924. The van der Waals surface area contributed by atoms with Gasteiger partial charge in [-0.15, -0.1) is 11.3 Å². The number of para-hydroxylation sites is 1. The Hall–Kier alpha value is -4.08. The van der Waals surface area contributed by atoms with Crippen molar-refractivity contribution in [3.63, 3.8) is 0 Å². The number of thiophene rings is 1. The first-order chi connectivity index (χ1) is 17.7. The van der Waals surface area contributed by atoms with Gasteiger partial charge in [0.2, 0.25) is 0 Å². The Morgan fingerprint density at radius 1 is 0.528 bits per heavy atom. The first-order valence-corrected chi connectivity index (χ1v) is 13.3. The number of aromatic nitrogens is 2. The van der Waals surface area contributed by atoms with Gasteiger partial charge < -0.3 is 9.13 Å². The van der Waals surface area contributed by atoms with E-state index in [1.807, 2.05) is 11.3 Å². The lowest BCUT2D eigenvalue weighted by molar-refractivity contribution is 1.01. The standard InChI is InChI=1S/C33H24N2S/c1-34-27-9-5-3-7-22(27)25-18-20(11-14-28(25)34)17-21-12-15-29-26(19-21)32-30(35(29)2)16-13-24-23-8-4-6-10-31(23)36-33(24)32/h3-16,18-19H,17H2,1-2H3. The normalized spacial score (nSPS) is 12.3. The second-order valence-corrected chi connectivity index (χ2v) is 11.0. The molecule has 172 valence electrons. The summed E-state index contributed by atoms with van der Waals surface area (Å²) < 4.78 is 7.40. The van der Waals surface area contributed by atoms with E-state index in [0.717, 1.165) is 6.42 Å². The smallest absolute Gasteiger partial charge is 0.0503 e. The van der Waals surface area contributed by atoms with Crippen molar-refractivity contribution in [1.29, 1.82) is 0 Å². The Morgan fingerprint density at radius 2 is 1.14 bits per heavy atom. The number of rotatable bonds is 2. The van der Waals surface area contributed by atoms with Gasteiger partial charge in [0.25, 0.3) is 0 Å². The lowest BCUT2D eigenvalue weighted by atomic mass is 10.0. The van der Waals surface area contributed by atoms with Gasteiger partial charge >= 0.3 is 0 Å². The lowest BCUT2D eigenvalue weighted by Crippen LogP contribution is -1.90. The van der Waals surface area contributed by atoms with Crippen LogP contribution in [0.3, 0.4) is 0 Å². The quantitative estimate of drug-likeness (QED) is 0.234. The molecule has 0 atom stereocenters. The van der Waals surface area contributed by atoms with Crippen LogP contribution >= 0.6 is 11.3 Å². The molecule has 0 aliphatic heterocycles. The zero-order chi connectivity index (χ0) is 24.0. The Morgan fingerprint density at radius 3 is 1.97 bits per heavy atom. The first-order valence-electron chi connectivity index (χ1n) is 12.4. The summed E-state index contributed by atoms with van der Waals surface area (Å²) >= 11 is 1.92. The minimum atomic E-state index is 0.924. The number of aryl methyl sites for hydroxylation is 2. The molecule has 0 amide bonds. The molecule has 0 saturated heterocycles. The van der Waals surface area contributed by atoms with Gasteiger partial charge in [0.15, 0.2) is 0 Å². The van der Waals surface area contributed by atoms with Crippen LogP contribution in [0.15, 0.2) is 97.1 Å². The van der Waals surface area contributed by atoms with E-state index in [1.54, 1.807) is 0 Å². The molecule has 5 aromatic carbocycles. The molecule has 8 aromatic rings. The summed E-state index contributed by atoms with van der Waals surface area (Å²) in [5, 5.41) is 8.13. The minimum Gasteiger partial charge on any atom is -0.344 e. The van der Waals surface area contributed by atoms with Crippen LogP contribution in [0.1, 0.15) is 11.1 Å². The van der Waals surface area contributed by atoms with Gasteiger partial charge in [-0.3, -0.25) is 0 Å². The molecule has 3 aromatic heterocycles. The fourth-order valence-electron chi connectivity index (χ4n) is 6.19. The summed E-state index contributed by atoms with van der Waals surface area (Å²) in [7, 11) is 4.35.